The standard InChI is InChI=1S/C13H9F2NO/c1-8-7-16-6-5-9(8)13(17)10-3-2-4-11(14)12(10)15/h2-7H,1H3. The molecule has 0 aliphatic heterocycles. The number of ketones is 1. The van der Waals surface area contributed by atoms with Crippen LogP contribution >= 0.6 is 0 Å². The van der Waals surface area contributed by atoms with Crippen molar-refractivity contribution in [1.29, 1.82) is 0 Å². The second-order valence-electron chi connectivity index (χ2n) is 3.62. The molecule has 1 aromatic carbocycles. The summed E-state index contributed by atoms with van der Waals surface area (Å²) in [5.41, 5.74) is 0.685. The Morgan fingerprint density at radius 1 is 1.18 bits per heavy atom. The summed E-state index contributed by atoms with van der Waals surface area (Å²) in [6, 6.07) is 5.04. The van der Waals surface area contributed by atoms with E-state index in [1.54, 1.807) is 6.92 Å². The number of aromatic nitrogens is 1. The summed E-state index contributed by atoms with van der Waals surface area (Å²) in [5.74, 6) is -2.68. The maximum Gasteiger partial charge on any atom is 0.196 e. The predicted molar refractivity (Wildman–Crippen MR) is 58.8 cm³/mol. The molecule has 17 heavy (non-hydrogen) atoms. The zero-order valence-corrected chi connectivity index (χ0v) is 9.08. The van der Waals surface area contributed by atoms with Gasteiger partial charge in [-0.3, -0.25) is 9.78 Å². The van der Waals surface area contributed by atoms with E-state index in [9.17, 15) is 13.6 Å². The molecule has 0 saturated heterocycles. The van der Waals surface area contributed by atoms with E-state index in [0.29, 0.717) is 11.1 Å². The van der Waals surface area contributed by atoms with Crippen LogP contribution in [0.3, 0.4) is 0 Å². The number of hydrogen-bond donors (Lipinski definition) is 0. The van der Waals surface area contributed by atoms with Crippen LogP contribution in [0.25, 0.3) is 0 Å². The summed E-state index contributed by atoms with van der Waals surface area (Å²) in [6.45, 7) is 1.69. The summed E-state index contributed by atoms with van der Waals surface area (Å²) in [7, 11) is 0. The van der Waals surface area contributed by atoms with Gasteiger partial charge in [-0.25, -0.2) is 8.78 Å². The molecule has 0 amide bonds. The van der Waals surface area contributed by atoms with Gasteiger partial charge in [-0.2, -0.15) is 0 Å². The Labute approximate surface area is 96.9 Å². The normalized spacial score (nSPS) is 10.3. The van der Waals surface area contributed by atoms with Gasteiger partial charge >= 0.3 is 0 Å². The fourth-order valence-corrected chi connectivity index (χ4v) is 1.55. The first-order valence-electron chi connectivity index (χ1n) is 5.00. The van der Waals surface area contributed by atoms with E-state index in [4.69, 9.17) is 0 Å². The Morgan fingerprint density at radius 3 is 2.65 bits per heavy atom. The van der Waals surface area contributed by atoms with Crippen molar-refractivity contribution in [2.24, 2.45) is 0 Å². The number of rotatable bonds is 2. The lowest BCUT2D eigenvalue weighted by atomic mass is 10.0. The van der Waals surface area contributed by atoms with Gasteiger partial charge < -0.3 is 0 Å². The number of benzene rings is 1. The van der Waals surface area contributed by atoms with Crippen LogP contribution in [0.15, 0.2) is 36.7 Å². The van der Waals surface area contributed by atoms with Gasteiger partial charge in [0.1, 0.15) is 0 Å². The molecule has 0 radical (unpaired) electrons. The number of hydrogen-bond acceptors (Lipinski definition) is 2. The molecule has 0 aliphatic carbocycles. The Bertz CT molecular complexity index is 581. The predicted octanol–water partition coefficient (Wildman–Crippen LogP) is 2.90. The minimum Gasteiger partial charge on any atom is -0.288 e. The summed E-state index contributed by atoms with van der Waals surface area (Å²) >= 11 is 0. The molecule has 2 aromatic rings. The van der Waals surface area contributed by atoms with E-state index >= 15 is 0 Å². The Balaban J connectivity index is 2.52. The van der Waals surface area contributed by atoms with E-state index in [1.165, 1.54) is 30.6 Å². The Morgan fingerprint density at radius 2 is 1.94 bits per heavy atom. The largest absolute Gasteiger partial charge is 0.288 e. The molecule has 86 valence electrons. The van der Waals surface area contributed by atoms with Crippen molar-refractivity contribution in [1.82, 2.24) is 4.98 Å². The van der Waals surface area contributed by atoms with Crippen molar-refractivity contribution in [2.45, 2.75) is 6.92 Å². The minimum absolute atomic E-state index is 0.265. The quantitative estimate of drug-likeness (QED) is 0.746. The highest BCUT2D eigenvalue weighted by Gasteiger charge is 2.17. The van der Waals surface area contributed by atoms with Crippen molar-refractivity contribution < 1.29 is 13.6 Å². The van der Waals surface area contributed by atoms with Gasteiger partial charge in [0.05, 0.1) is 5.56 Å². The molecular weight excluding hydrogens is 224 g/mol. The zero-order valence-electron chi connectivity index (χ0n) is 9.08. The van der Waals surface area contributed by atoms with Crippen molar-refractivity contribution in [3.8, 4) is 0 Å². The summed E-state index contributed by atoms with van der Waals surface area (Å²) in [5, 5.41) is 0. The van der Waals surface area contributed by atoms with Crippen molar-refractivity contribution >= 4 is 5.78 Å². The van der Waals surface area contributed by atoms with Gasteiger partial charge in [0.15, 0.2) is 17.4 Å². The SMILES string of the molecule is Cc1cnccc1C(=O)c1cccc(F)c1F. The van der Waals surface area contributed by atoms with Crippen LogP contribution in [0, 0.1) is 18.6 Å². The van der Waals surface area contributed by atoms with Gasteiger partial charge in [-0.15, -0.1) is 0 Å². The van der Waals surface area contributed by atoms with E-state index in [-0.39, 0.29) is 5.56 Å². The lowest BCUT2D eigenvalue weighted by Gasteiger charge is -2.05. The van der Waals surface area contributed by atoms with Gasteiger partial charge in [-0.05, 0) is 30.7 Å². The second-order valence-corrected chi connectivity index (χ2v) is 3.62. The topological polar surface area (TPSA) is 30.0 Å². The molecule has 0 aliphatic rings. The van der Waals surface area contributed by atoms with Gasteiger partial charge in [0, 0.05) is 18.0 Å². The maximum atomic E-state index is 13.5. The molecule has 4 heteroatoms. The lowest BCUT2D eigenvalue weighted by molar-refractivity contribution is 0.103. The molecule has 0 spiro atoms. The highest BCUT2D eigenvalue weighted by molar-refractivity contribution is 6.09. The summed E-state index contributed by atoms with van der Waals surface area (Å²) in [4.78, 5) is 15.8. The van der Waals surface area contributed by atoms with Gasteiger partial charge in [0.25, 0.3) is 0 Å². The monoisotopic (exact) mass is 233 g/mol. The number of carbonyl (C=O) groups excluding carboxylic acids is 1. The van der Waals surface area contributed by atoms with Gasteiger partial charge in [-0.1, -0.05) is 6.07 Å². The van der Waals surface area contributed by atoms with Crippen molar-refractivity contribution in [3.63, 3.8) is 0 Å². The average molecular weight is 233 g/mol. The molecule has 0 unspecified atom stereocenters. The molecule has 2 rings (SSSR count). The maximum absolute atomic E-state index is 13.5. The highest BCUT2D eigenvalue weighted by atomic mass is 19.2. The van der Waals surface area contributed by atoms with E-state index in [1.807, 2.05) is 0 Å². The smallest absolute Gasteiger partial charge is 0.196 e. The Hall–Kier alpha value is -2.10. The van der Waals surface area contributed by atoms with Crippen LogP contribution in [-0.2, 0) is 0 Å². The molecule has 0 N–H and O–H groups in total. The molecule has 0 atom stereocenters. The zero-order chi connectivity index (χ0) is 12.4. The van der Waals surface area contributed by atoms with Gasteiger partial charge in [0.2, 0.25) is 0 Å². The van der Waals surface area contributed by atoms with Crippen LogP contribution in [0.1, 0.15) is 21.5 Å². The molecule has 2 nitrogen and oxygen atoms in total. The number of carbonyl (C=O) groups is 1. The third kappa shape index (κ3) is 2.06. The van der Waals surface area contributed by atoms with E-state index < -0.39 is 17.4 Å². The first-order chi connectivity index (χ1) is 8.11. The third-order valence-electron chi connectivity index (χ3n) is 2.46. The van der Waals surface area contributed by atoms with Crippen LogP contribution in [0.4, 0.5) is 8.78 Å². The van der Waals surface area contributed by atoms with E-state index in [2.05, 4.69) is 4.98 Å². The molecule has 1 aromatic heterocycles. The van der Waals surface area contributed by atoms with Crippen LogP contribution in [0.5, 0.6) is 0 Å². The number of halogens is 2. The van der Waals surface area contributed by atoms with Crippen LogP contribution in [-0.4, -0.2) is 10.8 Å². The third-order valence-corrected chi connectivity index (χ3v) is 2.46. The highest BCUT2D eigenvalue weighted by Crippen LogP contribution is 2.17. The molecule has 0 saturated carbocycles. The average Bonchev–Trinajstić information content (AvgIpc) is 2.32. The number of pyridine rings is 1. The molecule has 0 bridgehead atoms. The number of nitrogens with zero attached hydrogens (tertiary/aromatic N) is 1. The van der Waals surface area contributed by atoms with E-state index in [0.717, 1.165) is 6.07 Å². The molecule has 1 heterocycles. The lowest BCUT2D eigenvalue weighted by Crippen LogP contribution is -2.07. The first-order valence-corrected chi connectivity index (χ1v) is 5.00. The Kier molecular flexibility index (Phi) is 2.95. The first kappa shape index (κ1) is 11.4. The second kappa shape index (κ2) is 4.41. The summed E-state index contributed by atoms with van der Waals surface area (Å²) in [6.07, 6.45) is 2.95. The van der Waals surface area contributed by atoms with Crippen LogP contribution in [0.2, 0.25) is 0 Å². The van der Waals surface area contributed by atoms with Crippen LogP contribution < -0.4 is 0 Å². The minimum atomic E-state index is -1.12. The fourth-order valence-electron chi connectivity index (χ4n) is 1.55. The number of aryl methyl sites for hydroxylation is 1. The fraction of sp³-hybridized carbons (Fsp3) is 0.0769. The molecule has 0 fully saturated rings. The van der Waals surface area contributed by atoms with Crippen molar-refractivity contribution in [2.75, 3.05) is 0 Å². The summed E-state index contributed by atoms with van der Waals surface area (Å²) < 4.78 is 26.5. The molecular formula is C13H9F2NO. The van der Waals surface area contributed by atoms with Crippen molar-refractivity contribution in [3.05, 3.63) is 65.0 Å².